The molecule has 0 spiro atoms. The van der Waals surface area contributed by atoms with E-state index in [2.05, 4.69) is 21.3 Å². The number of ether oxygens (including phenoxy) is 1. The molecular weight excluding hydrogens is 553 g/mol. The number of benzene rings is 3. The Labute approximate surface area is 249 Å². The molecule has 224 valence electrons. The van der Waals surface area contributed by atoms with Crippen LogP contribution < -0.4 is 26.0 Å². The van der Waals surface area contributed by atoms with Gasteiger partial charge in [0.1, 0.15) is 17.5 Å². The van der Waals surface area contributed by atoms with Gasteiger partial charge in [0.25, 0.3) is 0 Å². The molecule has 0 bridgehead atoms. The molecule has 1 unspecified atom stereocenters. The third-order valence-corrected chi connectivity index (χ3v) is 8.18. The average Bonchev–Trinajstić information content (AvgIpc) is 3.40. The summed E-state index contributed by atoms with van der Waals surface area (Å²) in [6, 6.07) is 13.6. The molecule has 10 nitrogen and oxygen atoms in total. The summed E-state index contributed by atoms with van der Waals surface area (Å²) in [5, 5.41) is 11.3. The lowest BCUT2D eigenvalue weighted by Gasteiger charge is -2.28. The third kappa shape index (κ3) is 5.80. The normalized spacial score (nSPS) is 18.3. The van der Waals surface area contributed by atoms with Crippen LogP contribution in [0, 0.1) is 25.6 Å². The van der Waals surface area contributed by atoms with Crippen molar-refractivity contribution in [3.05, 3.63) is 71.0 Å². The monoisotopic (exact) mass is 587 g/mol. The van der Waals surface area contributed by atoms with E-state index in [0.29, 0.717) is 35.5 Å². The van der Waals surface area contributed by atoms with Crippen molar-refractivity contribution < 1.29 is 28.3 Å². The maximum atomic E-state index is 15.5. The molecular formula is C32H34FN5O5. The number of methoxy groups -OCH3 is 1. The maximum Gasteiger partial charge on any atom is 0.323 e. The SMILES string of the molecule is COc1cc(-c2cccc(-c3cccc(NC(=O)C4CNC(=O)N(C)C4=O)c3C)c2C)cc(F)c1CN[C@@H]1CCNC1=O. The first-order valence-corrected chi connectivity index (χ1v) is 14.0. The zero-order chi connectivity index (χ0) is 30.8. The van der Waals surface area contributed by atoms with Gasteiger partial charge >= 0.3 is 6.03 Å². The molecule has 3 aromatic rings. The van der Waals surface area contributed by atoms with Crippen LogP contribution in [0.25, 0.3) is 22.3 Å². The van der Waals surface area contributed by atoms with E-state index in [0.717, 1.165) is 32.7 Å². The lowest BCUT2D eigenvalue weighted by Crippen LogP contribution is -2.56. The summed E-state index contributed by atoms with van der Waals surface area (Å²) in [7, 11) is 2.82. The molecule has 4 N–H and O–H groups in total. The molecule has 0 radical (unpaired) electrons. The van der Waals surface area contributed by atoms with Crippen LogP contribution in [-0.4, -0.2) is 61.9 Å². The van der Waals surface area contributed by atoms with Gasteiger partial charge in [-0.1, -0.05) is 30.3 Å². The van der Waals surface area contributed by atoms with Crippen LogP contribution in [0.5, 0.6) is 5.75 Å². The van der Waals surface area contributed by atoms with Crippen molar-refractivity contribution in [1.29, 1.82) is 0 Å². The van der Waals surface area contributed by atoms with Gasteiger partial charge in [-0.2, -0.15) is 0 Å². The summed E-state index contributed by atoms with van der Waals surface area (Å²) < 4.78 is 21.0. The largest absolute Gasteiger partial charge is 0.496 e. The fourth-order valence-electron chi connectivity index (χ4n) is 5.59. The fraction of sp³-hybridized carbons (Fsp3) is 0.312. The van der Waals surface area contributed by atoms with Crippen LogP contribution in [0.2, 0.25) is 0 Å². The number of urea groups is 1. The lowest BCUT2D eigenvalue weighted by molar-refractivity contribution is -0.138. The number of hydrogen-bond donors (Lipinski definition) is 4. The van der Waals surface area contributed by atoms with E-state index in [1.54, 1.807) is 12.1 Å². The molecule has 2 atom stereocenters. The van der Waals surface area contributed by atoms with Gasteiger partial charge in [-0.3, -0.25) is 19.3 Å². The van der Waals surface area contributed by atoms with Gasteiger partial charge in [-0.15, -0.1) is 0 Å². The standard InChI is InChI=1S/C32H34FN5O5/c1-17-20(19-13-25(33)23(28(14-19)43-4)15-35-27-11-12-34-30(27)40)7-5-8-21(17)22-9-6-10-26(18(22)2)37-29(39)24-16-36-32(42)38(3)31(24)41/h5-10,13-14,24,27,35H,11-12,15-16H2,1-4H3,(H,34,40)(H,36,42)(H,37,39)/t24?,27-/m1/s1. The van der Waals surface area contributed by atoms with Crippen LogP contribution in [0.1, 0.15) is 23.1 Å². The molecule has 3 aromatic carbocycles. The number of anilines is 1. The quantitative estimate of drug-likeness (QED) is 0.299. The van der Waals surface area contributed by atoms with Gasteiger partial charge in [-0.05, 0) is 71.8 Å². The van der Waals surface area contributed by atoms with E-state index in [-0.39, 0.29) is 25.0 Å². The molecule has 2 heterocycles. The van der Waals surface area contributed by atoms with Gasteiger partial charge in [0.2, 0.25) is 17.7 Å². The summed E-state index contributed by atoms with van der Waals surface area (Å²) >= 11 is 0. The van der Waals surface area contributed by atoms with Crippen LogP contribution >= 0.6 is 0 Å². The number of amides is 5. The minimum Gasteiger partial charge on any atom is -0.496 e. The Balaban J connectivity index is 1.42. The molecule has 0 aliphatic carbocycles. The van der Waals surface area contributed by atoms with E-state index >= 15 is 4.39 Å². The van der Waals surface area contributed by atoms with E-state index in [1.807, 2.05) is 44.2 Å². The topological polar surface area (TPSA) is 129 Å². The highest BCUT2D eigenvalue weighted by atomic mass is 19.1. The molecule has 5 amide bonds. The van der Waals surface area contributed by atoms with Gasteiger partial charge < -0.3 is 26.0 Å². The predicted octanol–water partition coefficient (Wildman–Crippen LogP) is 3.50. The molecule has 43 heavy (non-hydrogen) atoms. The Morgan fingerprint density at radius 1 is 1.02 bits per heavy atom. The summed E-state index contributed by atoms with van der Waals surface area (Å²) in [6.07, 6.45) is 0.644. The zero-order valence-corrected chi connectivity index (χ0v) is 24.5. The Hall–Kier alpha value is -4.77. The first-order valence-electron chi connectivity index (χ1n) is 14.0. The van der Waals surface area contributed by atoms with Crippen LogP contribution in [-0.2, 0) is 20.9 Å². The highest BCUT2D eigenvalue weighted by Crippen LogP contribution is 2.38. The summed E-state index contributed by atoms with van der Waals surface area (Å²) in [6.45, 7) is 4.50. The summed E-state index contributed by atoms with van der Waals surface area (Å²) in [5.41, 5.74) is 5.78. The second kappa shape index (κ2) is 12.2. The van der Waals surface area contributed by atoms with Crippen molar-refractivity contribution >= 4 is 29.4 Å². The number of hydrogen-bond acceptors (Lipinski definition) is 6. The van der Waals surface area contributed by atoms with Crippen LogP contribution in [0.3, 0.4) is 0 Å². The molecule has 2 fully saturated rings. The van der Waals surface area contributed by atoms with Crippen molar-refractivity contribution in [1.82, 2.24) is 20.9 Å². The number of imide groups is 1. The minimum absolute atomic E-state index is 0.0709. The molecule has 2 aliphatic rings. The Bertz CT molecular complexity index is 1620. The summed E-state index contributed by atoms with van der Waals surface area (Å²) in [5.74, 6) is -2.25. The van der Waals surface area contributed by atoms with Crippen LogP contribution in [0.4, 0.5) is 14.9 Å². The number of nitrogens with zero attached hydrogens (tertiary/aromatic N) is 1. The second-order valence-corrected chi connectivity index (χ2v) is 10.7. The van der Waals surface area contributed by atoms with E-state index in [4.69, 9.17) is 4.74 Å². The van der Waals surface area contributed by atoms with Crippen molar-refractivity contribution in [2.45, 2.75) is 32.9 Å². The molecule has 0 saturated carbocycles. The van der Waals surface area contributed by atoms with Crippen molar-refractivity contribution in [3.63, 3.8) is 0 Å². The molecule has 5 rings (SSSR count). The average molecular weight is 588 g/mol. The molecule has 2 saturated heterocycles. The van der Waals surface area contributed by atoms with Gasteiger partial charge in [-0.25, -0.2) is 9.18 Å². The lowest BCUT2D eigenvalue weighted by atomic mass is 9.90. The van der Waals surface area contributed by atoms with Gasteiger partial charge in [0.05, 0.1) is 13.2 Å². The number of carbonyl (C=O) groups is 4. The Kier molecular flexibility index (Phi) is 8.45. The number of nitrogens with one attached hydrogen (secondary N) is 4. The Morgan fingerprint density at radius 3 is 2.42 bits per heavy atom. The Morgan fingerprint density at radius 2 is 1.72 bits per heavy atom. The van der Waals surface area contributed by atoms with E-state index < -0.39 is 29.6 Å². The van der Waals surface area contributed by atoms with E-state index in [1.165, 1.54) is 20.2 Å². The van der Waals surface area contributed by atoms with Crippen molar-refractivity contribution in [2.75, 3.05) is 32.6 Å². The van der Waals surface area contributed by atoms with E-state index in [9.17, 15) is 19.2 Å². The minimum atomic E-state index is -1.03. The highest BCUT2D eigenvalue weighted by Gasteiger charge is 2.36. The van der Waals surface area contributed by atoms with Crippen molar-refractivity contribution in [3.8, 4) is 28.0 Å². The molecule has 0 aromatic heterocycles. The molecule has 11 heteroatoms. The number of halogens is 1. The first-order chi connectivity index (χ1) is 20.6. The van der Waals surface area contributed by atoms with Crippen molar-refractivity contribution in [2.24, 2.45) is 5.92 Å². The van der Waals surface area contributed by atoms with Gasteiger partial charge in [0, 0.05) is 37.9 Å². The number of rotatable bonds is 8. The van der Waals surface area contributed by atoms with Gasteiger partial charge in [0.15, 0.2) is 0 Å². The summed E-state index contributed by atoms with van der Waals surface area (Å²) in [4.78, 5) is 50.1. The number of carbonyl (C=O) groups excluding carboxylic acids is 4. The third-order valence-electron chi connectivity index (χ3n) is 8.18. The fourth-order valence-corrected chi connectivity index (χ4v) is 5.59. The first kappa shape index (κ1) is 29.7. The smallest absolute Gasteiger partial charge is 0.323 e. The second-order valence-electron chi connectivity index (χ2n) is 10.7. The zero-order valence-electron chi connectivity index (χ0n) is 24.5. The maximum absolute atomic E-state index is 15.5. The van der Waals surface area contributed by atoms with Crippen LogP contribution in [0.15, 0.2) is 48.5 Å². The highest BCUT2D eigenvalue weighted by molar-refractivity contribution is 6.12. The molecule has 2 aliphatic heterocycles. The predicted molar refractivity (Wildman–Crippen MR) is 160 cm³/mol.